The summed E-state index contributed by atoms with van der Waals surface area (Å²) >= 11 is 0. The van der Waals surface area contributed by atoms with Crippen molar-refractivity contribution in [2.75, 3.05) is 0 Å². The van der Waals surface area contributed by atoms with Crippen molar-refractivity contribution in [2.24, 2.45) is 0 Å². The zero-order valence-electron chi connectivity index (χ0n) is 13.6. The maximum atomic E-state index is 9.37. The van der Waals surface area contributed by atoms with Gasteiger partial charge < -0.3 is 10.2 Å². The van der Waals surface area contributed by atoms with Crippen LogP contribution in [0.15, 0.2) is 72.8 Å². The smallest absolute Gasteiger partial charge is 0.0913 e. The third-order valence-electron chi connectivity index (χ3n) is 4.34. The molecule has 2 heterocycles. The van der Waals surface area contributed by atoms with E-state index in [0.717, 1.165) is 39.2 Å². The number of hydrogen-bond donors (Lipinski definition) is 2. The zero-order valence-corrected chi connectivity index (χ0v) is 13.6. The van der Waals surface area contributed by atoms with Crippen LogP contribution < -0.4 is 0 Å². The Kier molecular flexibility index (Phi) is 4.06. The van der Waals surface area contributed by atoms with E-state index in [4.69, 9.17) is 5.10 Å². The number of hydrogen-bond acceptors (Lipinski definition) is 3. The van der Waals surface area contributed by atoms with E-state index in [2.05, 4.69) is 0 Å². The molecular weight excluding hydrogens is 312 g/mol. The molecule has 2 aromatic heterocycles. The van der Waals surface area contributed by atoms with Gasteiger partial charge in [0.25, 0.3) is 0 Å². The second-order valence-corrected chi connectivity index (χ2v) is 5.99. The average Bonchev–Trinajstić information content (AvgIpc) is 3.11. The van der Waals surface area contributed by atoms with E-state index in [1.54, 1.807) is 0 Å². The minimum Gasteiger partial charge on any atom is -0.392 e. The Morgan fingerprint density at radius 1 is 0.720 bits per heavy atom. The van der Waals surface area contributed by atoms with Crippen LogP contribution in [0.4, 0.5) is 0 Å². The second-order valence-electron chi connectivity index (χ2n) is 5.99. The van der Waals surface area contributed by atoms with Gasteiger partial charge in [-0.25, -0.2) is 4.52 Å². The maximum absolute atomic E-state index is 9.37. The summed E-state index contributed by atoms with van der Waals surface area (Å²) in [6.07, 6.45) is 0. The molecule has 0 amide bonds. The number of benzene rings is 2. The molecule has 0 fully saturated rings. The lowest BCUT2D eigenvalue weighted by Crippen LogP contribution is -1.97. The normalized spacial score (nSPS) is 11.1. The van der Waals surface area contributed by atoms with Gasteiger partial charge in [0.15, 0.2) is 0 Å². The highest BCUT2D eigenvalue weighted by Crippen LogP contribution is 2.25. The van der Waals surface area contributed by atoms with Crippen molar-refractivity contribution in [1.82, 2.24) is 9.61 Å². The molecule has 4 heteroatoms. The molecule has 0 saturated carbocycles. The van der Waals surface area contributed by atoms with Crippen molar-refractivity contribution in [2.45, 2.75) is 13.2 Å². The maximum Gasteiger partial charge on any atom is 0.0913 e. The monoisotopic (exact) mass is 330 g/mol. The largest absolute Gasteiger partial charge is 0.392 e. The van der Waals surface area contributed by atoms with E-state index in [-0.39, 0.29) is 13.2 Å². The standard InChI is InChI=1S/C21H18N2O2/c24-13-15-4-6-17(7-5-15)20-10-8-19-9-11-21(23(19)22-20)18-3-1-2-16(12-18)14-25/h1-12,24-25H,13-14H2. The molecule has 0 aliphatic rings. The molecule has 0 saturated heterocycles. The molecule has 0 aliphatic heterocycles. The van der Waals surface area contributed by atoms with Gasteiger partial charge >= 0.3 is 0 Å². The number of aliphatic hydroxyl groups is 2. The molecule has 0 bridgehead atoms. The van der Waals surface area contributed by atoms with Gasteiger partial charge in [-0.2, -0.15) is 5.10 Å². The molecule has 0 atom stereocenters. The van der Waals surface area contributed by atoms with Crippen molar-refractivity contribution in [3.8, 4) is 22.5 Å². The molecule has 2 aromatic carbocycles. The first-order chi connectivity index (χ1) is 12.3. The summed E-state index contributed by atoms with van der Waals surface area (Å²) in [7, 11) is 0. The fourth-order valence-electron chi connectivity index (χ4n) is 2.97. The number of aromatic nitrogens is 2. The highest BCUT2D eigenvalue weighted by atomic mass is 16.3. The SMILES string of the molecule is OCc1ccc(-c2ccc3ccc(-c4cccc(CO)c4)n3n2)cc1. The topological polar surface area (TPSA) is 57.8 Å². The van der Waals surface area contributed by atoms with Gasteiger partial charge in [0.1, 0.15) is 0 Å². The number of fused-ring (bicyclic) bond motifs is 1. The molecular formula is C21H18N2O2. The minimum absolute atomic E-state index is 0.0209. The Morgan fingerprint density at radius 2 is 1.48 bits per heavy atom. The van der Waals surface area contributed by atoms with Crippen LogP contribution in [0, 0.1) is 0 Å². The van der Waals surface area contributed by atoms with Crippen LogP contribution >= 0.6 is 0 Å². The molecule has 0 unspecified atom stereocenters. The molecule has 4 rings (SSSR count). The molecule has 4 nitrogen and oxygen atoms in total. The van der Waals surface area contributed by atoms with Crippen LogP contribution in [-0.4, -0.2) is 19.8 Å². The van der Waals surface area contributed by atoms with Crippen molar-refractivity contribution >= 4 is 5.52 Å². The van der Waals surface area contributed by atoms with E-state index < -0.39 is 0 Å². The van der Waals surface area contributed by atoms with Crippen molar-refractivity contribution < 1.29 is 10.2 Å². The van der Waals surface area contributed by atoms with Crippen molar-refractivity contribution in [3.63, 3.8) is 0 Å². The number of aliphatic hydroxyl groups excluding tert-OH is 2. The van der Waals surface area contributed by atoms with E-state index in [1.165, 1.54) is 0 Å². The predicted molar refractivity (Wildman–Crippen MR) is 97.9 cm³/mol. The van der Waals surface area contributed by atoms with Crippen LogP contribution in [0.1, 0.15) is 11.1 Å². The van der Waals surface area contributed by atoms with Crippen LogP contribution in [0.25, 0.3) is 28.0 Å². The van der Waals surface area contributed by atoms with Gasteiger partial charge in [0.05, 0.1) is 30.1 Å². The van der Waals surface area contributed by atoms with Crippen LogP contribution in [-0.2, 0) is 13.2 Å². The molecule has 0 radical (unpaired) electrons. The van der Waals surface area contributed by atoms with Gasteiger partial charge in [-0.1, -0.05) is 42.5 Å². The lowest BCUT2D eigenvalue weighted by atomic mass is 10.1. The third-order valence-corrected chi connectivity index (χ3v) is 4.34. The average molecular weight is 330 g/mol. The molecule has 0 spiro atoms. The summed E-state index contributed by atoms with van der Waals surface area (Å²) in [5, 5.41) is 23.3. The zero-order chi connectivity index (χ0) is 17.2. The Labute approximate surface area is 145 Å². The van der Waals surface area contributed by atoms with Crippen LogP contribution in [0.3, 0.4) is 0 Å². The summed E-state index contributed by atoms with van der Waals surface area (Å²) in [5.74, 6) is 0. The molecule has 0 aliphatic carbocycles. The Morgan fingerprint density at radius 3 is 2.24 bits per heavy atom. The summed E-state index contributed by atoms with van der Waals surface area (Å²) in [6, 6.07) is 23.7. The fraction of sp³-hybridized carbons (Fsp3) is 0.0952. The Balaban J connectivity index is 1.81. The first kappa shape index (κ1) is 15.6. The molecule has 124 valence electrons. The quantitative estimate of drug-likeness (QED) is 0.600. The second kappa shape index (κ2) is 6.51. The predicted octanol–water partition coefficient (Wildman–Crippen LogP) is 3.65. The highest BCUT2D eigenvalue weighted by Gasteiger charge is 2.08. The Hall–Kier alpha value is -2.95. The van der Waals surface area contributed by atoms with Gasteiger partial charge in [0.2, 0.25) is 0 Å². The van der Waals surface area contributed by atoms with Gasteiger partial charge in [-0.05, 0) is 41.5 Å². The van der Waals surface area contributed by atoms with Crippen LogP contribution in [0.5, 0.6) is 0 Å². The van der Waals surface area contributed by atoms with Crippen molar-refractivity contribution in [3.05, 3.63) is 83.9 Å². The number of nitrogens with zero attached hydrogens (tertiary/aromatic N) is 2. The summed E-state index contributed by atoms with van der Waals surface area (Å²) in [5.41, 5.74) is 6.65. The number of rotatable bonds is 4. The van der Waals surface area contributed by atoms with Gasteiger partial charge in [-0.3, -0.25) is 0 Å². The van der Waals surface area contributed by atoms with Gasteiger partial charge in [0, 0.05) is 11.1 Å². The van der Waals surface area contributed by atoms with Crippen LogP contribution in [0.2, 0.25) is 0 Å². The molecule has 4 aromatic rings. The summed E-state index contributed by atoms with van der Waals surface area (Å²) in [4.78, 5) is 0. The first-order valence-corrected chi connectivity index (χ1v) is 8.17. The van der Waals surface area contributed by atoms with E-state index in [0.29, 0.717) is 0 Å². The fourth-order valence-corrected chi connectivity index (χ4v) is 2.97. The Bertz CT molecular complexity index is 1020. The van der Waals surface area contributed by atoms with E-state index >= 15 is 0 Å². The van der Waals surface area contributed by atoms with E-state index in [9.17, 15) is 10.2 Å². The molecule has 2 N–H and O–H groups in total. The van der Waals surface area contributed by atoms with Crippen molar-refractivity contribution in [1.29, 1.82) is 0 Å². The lowest BCUT2D eigenvalue weighted by Gasteiger charge is -2.07. The summed E-state index contributed by atoms with van der Waals surface area (Å²) < 4.78 is 1.92. The first-order valence-electron chi connectivity index (χ1n) is 8.17. The molecule has 25 heavy (non-hydrogen) atoms. The lowest BCUT2D eigenvalue weighted by molar-refractivity contribution is 0.281. The minimum atomic E-state index is 0.0209. The summed E-state index contributed by atoms with van der Waals surface area (Å²) in [6.45, 7) is 0.0583. The third kappa shape index (κ3) is 2.93. The highest BCUT2D eigenvalue weighted by molar-refractivity contribution is 5.69. The van der Waals surface area contributed by atoms with E-state index in [1.807, 2.05) is 77.3 Å². The van der Waals surface area contributed by atoms with Gasteiger partial charge in [-0.15, -0.1) is 0 Å².